The lowest BCUT2D eigenvalue weighted by Gasteiger charge is -2.29. The molecule has 1 aromatic rings. The second-order valence-electron chi connectivity index (χ2n) is 6.42. The Hall–Kier alpha value is -1.66. The molecule has 3 atom stereocenters. The maximum Gasteiger partial charge on any atom is 0.269 e. The Kier molecular flexibility index (Phi) is 5.59. The SMILES string of the molecule is Cl.NC1CCCC2CN(C(=O)Cc3cccc([N+](=O)[O-])c3)CC12. The highest BCUT2D eigenvalue weighted by Gasteiger charge is 2.40. The van der Waals surface area contributed by atoms with Crippen molar-refractivity contribution in [1.29, 1.82) is 0 Å². The summed E-state index contributed by atoms with van der Waals surface area (Å²) in [5.41, 5.74) is 6.90. The van der Waals surface area contributed by atoms with Gasteiger partial charge in [0.05, 0.1) is 11.3 Å². The first kappa shape index (κ1) is 17.7. The van der Waals surface area contributed by atoms with E-state index in [-0.39, 0.29) is 36.5 Å². The van der Waals surface area contributed by atoms with Crippen LogP contribution in [0.5, 0.6) is 0 Å². The Balaban J connectivity index is 0.00000192. The molecule has 0 radical (unpaired) electrons. The van der Waals surface area contributed by atoms with Crippen LogP contribution in [-0.4, -0.2) is 34.9 Å². The fraction of sp³-hybridized carbons (Fsp3) is 0.562. The van der Waals surface area contributed by atoms with Crippen molar-refractivity contribution in [1.82, 2.24) is 4.90 Å². The third-order valence-electron chi connectivity index (χ3n) is 4.98. The van der Waals surface area contributed by atoms with Gasteiger partial charge in [0.2, 0.25) is 5.91 Å². The van der Waals surface area contributed by atoms with E-state index in [2.05, 4.69) is 0 Å². The van der Waals surface area contributed by atoms with Gasteiger partial charge < -0.3 is 10.6 Å². The highest BCUT2D eigenvalue weighted by atomic mass is 35.5. The summed E-state index contributed by atoms with van der Waals surface area (Å²) in [5.74, 6) is 0.989. The van der Waals surface area contributed by atoms with Gasteiger partial charge in [0.1, 0.15) is 0 Å². The van der Waals surface area contributed by atoms with Crippen LogP contribution >= 0.6 is 12.4 Å². The van der Waals surface area contributed by atoms with E-state index < -0.39 is 4.92 Å². The Morgan fingerprint density at radius 1 is 1.35 bits per heavy atom. The number of carbonyl (C=O) groups excluding carboxylic acids is 1. The molecule has 3 rings (SSSR count). The molecular weight excluding hydrogens is 318 g/mol. The molecule has 1 amide bonds. The van der Waals surface area contributed by atoms with Crippen LogP contribution in [0.4, 0.5) is 5.69 Å². The average Bonchev–Trinajstić information content (AvgIpc) is 2.93. The second-order valence-corrected chi connectivity index (χ2v) is 6.42. The van der Waals surface area contributed by atoms with Crippen molar-refractivity contribution in [3.63, 3.8) is 0 Å². The summed E-state index contributed by atoms with van der Waals surface area (Å²) < 4.78 is 0. The van der Waals surface area contributed by atoms with E-state index in [0.717, 1.165) is 32.4 Å². The molecule has 1 saturated carbocycles. The number of benzene rings is 1. The quantitative estimate of drug-likeness (QED) is 0.675. The lowest BCUT2D eigenvalue weighted by Crippen LogP contribution is -2.38. The molecule has 2 aliphatic rings. The van der Waals surface area contributed by atoms with Crippen LogP contribution in [0.3, 0.4) is 0 Å². The largest absolute Gasteiger partial charge is 0.342 e. The fourth-order valence-corrected chi connectivity index (χ4v) is 3.79. The van der Waals surface area contributed by atoms with Gasteiger partial charge in [0.15, 0.2) is 0 Å². The van der Waals surface area contributed by atoms with E-state index in [1.54, 1.807) is 12.1 Å². The van der Waals surface area contributed by atoms with Crippen molar-refractivity contribution in [2.24, 2.45) is 17.6 Å². The lowest BCUT2D eigenvalue weighted by atomic mass is 9.78. The highest BCUT2D eigenvalue weighted by Crippen LogP contribution is 2.35. The van der Waals surface area contributed by atoms with Crippen LogP contribution in [0.1, 0.15) is 24.8 Å². The van der Waals surface area contributed by atoms with Gasteiger partial charge in [-0.2, -0.15) is 0 Å². The van der Waals surface area contributed by atoms with Crippen molar-refractivity contribution in [3.8, 4) is 0 Å². The molecule has 1 aromatic carbocycles. The zero-order valence-electron chi connectivity index (χ0n) is 12.9. The maximum absolute atomic E-state index is 12.5. The number of fused-ring (bicyclic) bond motifs is 1. The second kappa shape index (κ2) is 7.27. The van der Waals surface area contributed by atoms with E-state index in [9.17, 15) is 14.9 Å². The van der Waals surface area contributed by atoms with Crippen LogP contribution in [0.2, 0.25) is 0 Å². The molecule has 0 aromatic heterocycles. The van der Waals surface area contributed by atoms with Gasteiger partial charge in [-0.25, -0.2) is 0 Å². The third kappa shape index (κ3) is 3.82. The van der Waals surface area contributed by atoms with E-state index in [1.165, 1.54) is 12.1 Å². The number of nitro groups is 1. The molecule has 3 unspecified atom stereocenters. The van der Waals surface area contributed by atoms with Crippen molar-refractivity contribution in [2.75, 3.05) is 13.1 Å². The molecular formula is C16H22ClN3O3. The van der Waals surface area contributed by atoms with Crippen molar-refractivity contribution < 1.29 is 9.72 Å². The Morgan fingerprint density at radius 3 is 2.83 bits per heavy atom. The Bertz CT molecular complexity index is 596. The molecule has 2 N–H and O–H groups in total. The summed E-state index contributed by atoms with van der Waals surface area (Å²) in [4.78, 5) is 24.7. The first-order valence-corrected chi connectivity index (χ1v) is 7.81. The smallest absolute Gasteiger partial charge is 0.269 e. The first-order chi connectivity index (χ1) is 10.5. The van der Waals surface area contributed by atoms with Gasteiger partial charge in [0.25, 0.3) is 5.69 Å². The van der Waals surface area contributed by atoms with Crippen molar-refractivity contribution in [3.05, 3.63) is 39.9 Å². The third-order valence-corrected chi connectivity index (χ3v) is 4.98. The number of nitro benzene ring substituents is 1. The standard InChI is InChI=1S/C16H21N3O3.ClH/c17-15-6-2-4-12-9-18(10-14(12)15)16(20)8-11-3-1-5-13(7-11)19(21)22;/h1,3,5,7,12,14-15H,2,4,6,8-10,17H2;1H. The molecule has 23 heavy (non-hydrogen) atoms. The van der Waals surface area contributed by atoms with Gasteiger partial charge in [0, 0.05) is 31.3 Å². The molecule has 6 nitrogen and oxygen atoms in total. The van der Waals surface area contributed by atoms with Gasteiger partial charge in [-0.05, 0) is 30.2 Å². The molecule has 1 aliphatic heterocycles. The predicted molar refractivity (Wildman–Crippen MR) is 89.4 cm³/mol. The van der Waals surface area contributed by atoms with Crippen LogP contribution in [-0.2, 0) is 11.2 Å². The summed E-state index contributed by atoms with van der Waals surface area (Å²) in [6.07, 6.45) is 3.57. The van der Waals surface area contributed by atoms with Gasteiger partial charge >= 0.3 is 0 Å². The lowest BCUT2D eigenvalue weighted by molar-refractivity contribution is -0.384. The normalized spacial score (nSPS) is 26.3. The molecule has 1 aliphatic carbocycles. The number of non-ortho nitro benzene ring substituents is 1. The zero-order valence-corrected chi connectivity index (χ0v) is 13.7. The number of rotatable bonds is 3. The van der Waals surface area contributed by atoms with E-state index in [0.29, 0.717) is 17.4 Å². The summed E-state index contributed by atoms with van der Waals surface area (Å²) >= 11 is 0. The molecule has 2 fully saturated rings. The zero-order chi connectivity index (χ0) is 15.7. The number of hydrogen-bond donors (Lipinski definition) is 1. The van der Waals surface area contributed by atoms with Crippen LogP contribution < -0.4 is 5.73 Å². The highest BCUT2D eigenvalue weighted by molar-refractivity contribution is 5.85. The van der Waals surface area contributed by atoms with Crippen molar-refractivity contribution >= 4 is 24.0 Å². The first-order valence-electron chi connectivity index (χ1n) is 7.81. The van der Waals surface area contributed by atoms with Crippen LogP contribution in [0, 0.1) is 22.0 Å². The molecule has 7 heteroatoms. The van der Waals surface area contributed by atoms with Crippen LogP contribution in [0.25, 0.3) is 0 Å². The topological polar surface area (TPSA) is 89.5 Å². The van der Waals surface area contributed by atoms with Gasteiger partial charge in [-0.15, -0.1) is 12.4 Å². The summed E-state index contributed by atoms with van der Waals surface area (Å²) in [6.45, 7) is 1.52. The maximum atomic E-state index is 12.5. The van der Waals surface area contributed by atoms with Crippen LogP contribution in [0.15, 0.2) is 24.3 Å². The number of amides is 1. The number of likely N-dealkylation sites (tertiary alicyclic amines) is 1. The Labute approximate surface area is 141 Å². The molecule has 1 saturated heterocycles. The van der Waals surface area contributed by atoms with Gasteiger partial charge in [-0.1, -0.05) is 18.6 Å². The number of nitrogens with two attached hydrogens (primary N) is 1. The monoisotopic (exact) mass is 339 g/mol. The average molecular weight is 340 g/mol. The summed E-state index contributed by atoms with van der Waals surface area (Å²) in [5, 5.41) is 10.8. The molecule has 0 spiro atoms. The van der Waals surface area contributed by atoms with E-state index in [4.69, 9.17) is 5.73 Å². The molecule has 0 bridgehead atoms. The number of hydrogen-bond acceptors (Lipinski definition) is 4. The summed E-state index contributed by atoms with van der Waals surface area (Å²) in [7, 11) is 0. The molecule has 1 heterocycles. The predicted octanol–water partition coefficient (Wildman–Crippen LogP) is 2.14. The minimum Gasteiger partial charge on any atom is -0.342 e. The number of halogens is 1. The minimum atomic E-state index is -0.433. The van der Waals surface area contributed by atoms with E-state index >= 15 is 0 Å². The fourth-order valence-electron chi connectivity index (χ4n) is 3.79. The summed E-state index contributed by atoms with van der Waals surface area (Å²) in [6, 6.07) is 6.51. The van der Waals surface area contributed by atoms with E-state index in [1.807, 2.05) is 4.90 Å². The number of carbonyl (C=O) groups is 1. The Morgan fingerprint density at radius 2 is 2.13 bits per heavy atom. The molecule has 126 valence electrons. The number of nitrogens with zero attached hydrogens (tertiary/aromatic N) is 2. The van der Waals surface area contributed by atoms with Crippen molar-refractivity contribution in [2.45, 2.75) is 31.7 Å². The van der Waals surface area contributed by atoms with Gasteiger partial charge in [-0.3, -0.25) is 14.9 Å². The minimum absolute atomic E-state index is 0.